The first-order valence-corrected chi connectivity index (χ1v) is 7.91. The molecule has 0 aromatic carbocycles. The number of hydrogen-bond acceptors (Lipinski definition) is 5. The molecule has 1 saturated carbocycles. The fourth-order valence-corrected chi connectivity index (χ4v) is 2.97. The van der Waals surface area contributed by atoms with Gasteiger partial charge >= 0.3 is 0 Å². The van der Waals surface area contributed by atoms with Crippen LogP contribution in [0.5, 0.6) is 0 Å². The van der Waals surface area contributed by atoms with E-state index >= 15 is 0 Å². The Hall–Kier alpha value is -0.940. The Kier molecular flexibility index (Phi) is 5.98. The van der Waals surface area contributed by atoms with E-state index in [0.717, 1.165) is 12.2 Å². The van der Waals surface area contributed by atoms with E-state index in [1.165, 1.54) is 32.1 Å². The predicted octanol–water partition coefficient (Wildman–Crippen LogP) is 3.18. The zero-order valence-electron chi connectivity index (χ0n) is 12.7. The third-order valence-corrected chi connectivity index (χ3v) is 4.16. The van der Waals surface area contributed by atoms with Gasteiger partial charge in [0.15, 0.2) is 0 Å². The minimum atomic E-state index is -0.0112. The van der Waals surface area contributed by atoms with Crippen LogP contribution in [0.3, 0.4) is 0 Å². The molecule has 2 N–H and O–H groups in total. The van der Waals surface area contributed by atoms with Gasteiger partial charge < -0.3 is 15.0 Å². The number of hydrogen-bond donors (Lipinski definition) is 1. The van der Waals surface area contributed by atoms with Crippen LogP contribution in [0, 0.1) is 5.92 Å². The van der Waals surface area contributed by atoms with E-state index in [1.54, 1.807) is 0 Å². The van der Waals surface area contributed by atoms with Gasteiger partial charge in [0.05, 0.1) is 0 Å². The molecule has 5 heteroatoms. The lowest BCUT2D eigenvalue weighted by Gasteiger charge is -2.27. The van der Waals surface area contributed by atoms with Crippen LogP contribution >= 0.6 is 0 Å². The summed E-state index contributed by atoms with van der Waals surface area (Å²) in [5.41, 5.74) is 5.58. The smallest absolute Gasteiger partial charge is 0.229 e. The number of rotatable bonds is 7. The maximum absolute atomic E-state index is 5.91. The van der Waals surface area contributed by atoms with Crippen molar-refractivity contribution in [1.82, 2.24) is 10.1 Å². The van der Waals surface area contributed by atoms with Crippen molar-refractivity contribution < 1.29 is 9.26 Å². The molecule has 114 valence electrons. The Labute approximate surface area is 121 Å². The van der Waals surface area contributed by atoms with Gasteiger partial charge in [-0.1, -0.05) is 31.3 Å². The van der Waals surface area contributed by atoms with Crippen molar-refractivity contribution in [2.24, 2.45) is 11.7 Å². The molecule has 0 radical (unpaired) electrons. The van der Waals surface area contributed by atoms with Crippen molar-refractivity contribution in [2.75, 3.05) is 13.2 Å². The number of ether oxygens (including phenoxy) is 1. The second-order valence-electron chi connectivity index (χ2n) is 5.74. The molecule has 1 aliphatic rings. The minimum Gasteiger partial charge on any atom is -0.370 e. The molecule has 0 bridgehead atoms. The third kappa shape index (κ3) is 3.79. The fraction of sp³-hybridized carbons (Fsp3) is 0.867. The van der Waals surface area contributed by atoms with E-state index in [-0.39, 0.29) is 12.0 Å². The molecule has 2 rings (SSSR count). The van der Waals surface area contributed by atoms with Gasteiger partial charge in [-0.2, -0.15) is 4.98 Å². The minimum absolute atomic E-state index is 0.0112. The van der Waals surface area contributed by atoms with Crippen molar-refractivity contribution in [1.29, 1.82) is 0 Å². The standard InChI is InChI=1S/C15H27N3O2/c1-3-19-13(12-7-5-4-6-8-12)14-17-15(20-18-14)11(2)9-10-16/h11-13H,3-10,16H2,1-2H3. The first kappa shape index (κ1) is 15.4. The van der Waals surface area contributed by atoms with Crippen LogP contribution in [0.2, 0.25) is 0 Å². The SMILES string of the molecule is CCOC(c1noc(C(C)CCN)n1)C1CCCCC1. The van der Waals surface area contributed by atoms with Crippen LogP contribution in [0.1, 0.15) is 76.1 Å². The van der Waals surface area contributed by atoms with Crippen LogP contribution in [-0.4, -0.2) is 23.3 Å². The van der Waals surface area contributed by atoms with E-state index in [0.29, 0.717) is 25.0 Å². The van der Waals surface area contributed by atoms with Gasteiger partial charge in [-0.25, -0.2) is 0 Å². The molecule has 1 heterocycles. The highest BCUT2D eigenvalue weighted by atomic mass is 16.5. The highest BCUT2D eigenvalue weighted by molar-refractivity contribution is 4.98. The summed E-state index contributed by atoms with van der Waals surface area (Å²) < 4.78 is 11.3. The fourth-order valence-electron chi connectivity index (χ4n) is 2.97. The summed E-state index contributed by atoms with van der Waals surface area (Å²) in [6, 6.07) is 0. The molecule has 0 aliphatic heterocycles. The van der Waals surface area contributed by atoms with Gasteiger partial charge in [0.1, 0.15) is 6.10 Å². The Bertz CT molecular complexity index is 388. The Morgan fingerprint density at radius 3 is 2.75 bits per heavy atom. The van der Waals surface area contributed by atoms with Gasteiger partial charge in [-0.3, -0.25) is 0 Å². The van der Waals surface area contributed by atoms with E-state index in [4.69, 9.17) is 15.0 Å². The second kappa shape index (κ2) is 7.74. The normalized spacial score (nSPS) is 19.9. The second-order valence-corrected chi connectivity index (χ2v) is 5.74. The van der Waals surface area contributed by atoms with Crippen molar-refractivity contribution in [3.05, 3.63) is 11.7 Å². The first-order chi connectivity index (χ1) is 9.76. The van der Waals surface area contributed by atoms with E-state index in [2.05, 4.69) is 17.1 Å². The van der Waals surface area contributed by atoms with Crippen LogP contribution < -0.4 is 5.73 Å². The molecular formula is C15H27N3O2. The monoisotopic (exact) mass is 281 g/mol. The molecule has 20 heavy (non-hydrogen) atoms. The highest BCUT2D eigenvalue weighted by Crippen LogP contribution is 2.36. The number of nitrogens with two attached hydrogens (primary N) is 1. The predicted molar refractivity (Wildman–Crippen MR) is 77.3 cm³/mol. The highest BCUT2D eigenvalue weighted by Gasteiger charge is 2.30. The Morgan fingerprint density at radius 2 is 2.10 bits per heavy atom. The summed E-state index contributed by atoms with van der Waals surface area (Å²) in [7, 11) is 0. The Balaban J connectivity index is 2.08. The topological polar surface area (TPSA) is 74.2 Å². The van der Waals surface area contributed by atoms with Gasteiger partial charge in [0.2, 0.25) is 11.7 Å². The average molecular weight is 281 g/mol. The first-order valence-electron chi connectivity index (χ1n) is 7.91. The summed E-state index contributed by atoms with van der Waals surface area (Å²) in [6.45, 7) is 5.41. The molecule has 1 aromatic rings. The summed E-state index contributed by atoms with van der Waals surface area (Å²) >= 11 is 0. The van der Waals surface area contributed by atoms with Gasteiger partial charge in [-0.05, 0) is 38.6 Å². The third-order valence-electron chi connectivity index (χ3n) is 4.16. The molecule has 0 spiro atoms. The van der Waals surface area contributed by atoms with Crippen LogP contribution in [0.15, 0.2) is 4.52 Å². The largest absolute Gasteiger partial charge is 0.370 e. The average Bonchev–Trinajstić information content (AvgIpc) is 2.95. The van der Waals surface area contributed by atoms with Gasteiger partial charge in [0.25, 0.3) is 0 Å². The maximum Gasteiger partial charge on any atom is 0.229 e. The van der Waals surface area contributed by atoms with E-state index in [1.807, 2.05) is 6.92 Å². The van der Waals surface area contributed by atoms with Crippen molar-refractivity contribution in [2.45, 2.75) is 64.4 Å². The molecule has 1 aliphatic carbocycles. The van der Waals surface area contributed by atoms with Gasteiger partial charge in [-0.15, -0.1) is 0 Å². The van der Waals surface area contributed by atoms with Crippen LogP contribution in [0.25, 0.3) is 0 Å². The molecule has 0 saturated heterocycles. The van der Waals surface area contributed by atoms with Gasteiger partial charge in [0, 0.05) is 12.5 Å². The molecular weight excluding hydrogens is 254 g/mol. The lowest BCUT2D eigenvalue weighted by atomic mass is 9.85. The maximum atomic E-state index is 5.91. The van der Waals surface area contributed by atoms with Crippen molar-refractivity contribution in [3.63, 3.8) is 0 Å². The number of aromatic nitrogens is 2. The molecule has 1 aromatic heterocycles. The lowest BCUT2D eigenvalue weighted by Crippen LogP contribution is -2.20. The molecule has 5 nitrogen and oxygen atoms in total. The summed E-state index contributed by atoms with van der Waals surface area (Å²) in [6.07, 6.45) is 7.15. The van der Waals surface area contributed by atoms with E-state index < -0.39 is 0 Å². The lowest BCUT2D eigenvalue weighted by molar-refractivity contribution is -0.00145. The van der Waals surface area contributed by atoms with Crippen LogP contribution in [-0.2, 0) is 4.74 Å². The molecule has 0 amide bonds. The molecule has 1 fully saturated rings. The van der Waals surface area contributed by atoms with Crippen LogP contribution in [0.4, 0.5) is 0 Å². The number of nitrogens with zero attached hydrogens (tertiary/aromatic N) is 2. The summed E-state index contributed by atoms with van der Waals surface area (Å²) in [4.78, 5) is 4.56. The summed E-state index contributed by atoms with van der Waals surface area (Å²) in [5, 5.41) is 4.16. The summed E-state index contributed by atoms with van der Waals surface area (Å²) in [5.74, 6) is 2.15. The molecule has 2 unspecified atom stereocenters. The zero-order valence-corrected chi connectivity index (χ0v) is 12.7. The Morgan fingerprint density at radius 1 is 1.35 bits per heavy atom. The quantitative estimate of drug-likeness (QED) is 0.830. The van der Waals surface area contributed by atoms with Crippen molar-refractivity contribution >= 4 is 0 Å². The van der Waals surface area contributed by atoms with Crippen molar-refractivity contribution in [3.8, 4) is 0 Å². The zero-order chi connectivity index (χ0) is 14.4. The molecule has 2 atom stereocenters. The van der Waals surface area contributed by atoms with E-state index in [9.17, 15) is 0 Å².